The van der Waals surface area contributed by atoms with Gasteiger partial charge in [0, 0.05) is 16.6 Å². The predicted molar refractivity (Wildman–Crippen MR) is 135 cm³/mol. The number of nitrogens with zero attached hydrogens (tertiary/aromatic N) is 4. The number of anilines is 1. The molecule has 0 bridgehead atoms. The average molecular weight is 476 g/mol. The summed E-state index contributed by atoms with van der Waals surface area (Å²) in [4.78, 5) is 0.858. The maximum Gasteiger partial charge on any atom is 0.191 e. The lowest BCUT2D eigenvalue weighted by Crippen LogP contribution is -2.24. The minimum Gasteiger partial charge on any atom is -0.506 e. The first-order valence-electron chi connectivity index (χ1n) is 10.5. The van der Waals surface area contributed by atoms with Crippen LogP contribution >= 0.6 is 23.6 Å². The molecule has 0 atom stereocenters. The topological polar surface area (TPSA) is 111 Å². The van der Waals surface area contributed by atoms with Gasteiger partial charge in [-0.3, -0.25) is 5.43 Å². The summed E-state index contributed by atoms with van der Waals surface area (Å²) in [6.45, 7) is 1.84. The van der Waals surface area contributed by atoms with Crippen molar-refractivity contribution in [1.82, 2.24) is 26.0 Å². The highest BCUT2D eigenvalue weighted by Crippen LogP contribution is 2.40. The SMILES string of the molecule is C/C(=N\NC(=S)Nc1ccc(-c2nnn[nH]2)cc1)c1csc(-c2ccc3c(c2)CCC3)c1O. The van der Waals surface area contributed by atoms with Gasteiger partial charge < -0.3 is 10.4 Å². The average Bonchev–Trinajstić information content (AvgIpc) is 3.58. The molecule has 0 radical (unpaired) electrons. The Morgan fingerprint density at radius 2 is 1.91 bits per heavy atom. The van der Waals surface area contributed by atoms with Crippen molar-refractivity contribution in [2.45, 2.75) is 26.2 Å². The number of fused-ring (bicyclic) bond motifs is 1. The second-order valence-electron chi connectivity index (χ2n) is 7.75. The third-order valence-electron chi connectivity index (χ3n) is 5.60. The third kappa shape index (κ3) is 4.48. The van der Waals surface area contributed by atoms with Gasteiger partial charge in [-0.15, -0.1) is 16.4 Å². The van der Waals surface area contributed by atoms with Crippen molar-refractivity contribution in [3.63, 3.8) is 0 Å². The second-order valence-corrected chi connectivity index (χ2v) is 9.04. The lowest BCUT2D eigenvalue weighted by atomic mass is 10.0. The van der Waals surface area contributed by atoms with E-state index in [4.69, 9.17) is 12.2 Å². The number of thiophene rings is 1. The Morgan fingerprint density at radius 3 is 2.70 bits per heavy atom. The number of hydrazone groups is 1. The molecule has 2 heterocycles. The fourth-order valence-corrected chi connectivity index (χ4v) is 5.04. The van der Waals surface area contributed by atoms with Crippen LogP contribution in [0.3, 0.4) is 0 Å². The fraction of sp³-hybridized carbons (Fsp3) is 0.174. The molecule has 5 rings (SSSR count). The van der Waals surface area contributed by atoms with Crippen LogP contribution < -0.4 is 10.7 Å². The van der Waals surface area contributed by atoms with E-state index < -0.39 is 0 Å². The quantitative estimate of drug-likeness (QED) is 0.191. The molecule has 0 aliphatic heterocycles. The summed E-state index contributed by atoms with van der Waals surface area (Å²) in [5, 5.41) is 34.3. The van der Waals surface area contributed by atoms with E-state index in [0.717, 1.165) is 34.5 Å². The Kier molecular flexibility index (Phi) is 5.84. The molecule has 2 aromatic carbocycles. The Morgan fingerprint density at radius 1 is 1.12 bits per heavy atom. The second kappa shape index (κ2) is 9.08. The van der Waals surface area contributed by atoms with Crippen LogP contribution in [0.15, 0.2) is 52.9 Å². The zero-order chi connectivity index (χ0) is 22.8. The number of tetrazole rings is 1. The fourth-order valence-electron chi connectivity index (χ4n) is 3.87. The van der Waals surface area contributed by atoms with Crippen molar-refractivity contribution in [3.8, 4) is 27.6 Å². The van der Waals surface area contributed by atoms with E-state index in [9.17, 15) is 5.11 Å². The van der Waals surface area contributed by atoms with Gasteiger partial charge in [-0.1, -0.05) is 12.1 Å². The zero-order valence-electron chi connectivity index (χ0n) is 17.8. The molecule has 8 nitrogen and oxygen atoms in total. The smallest absolute Gasteiger partial charge is 0.191 e. The highest BCUT2D eigenvalue weighted by molar-refractivity contribution is 7.80. The first kappa shape index (κ1) is 21.2. The largest absolute Gasteiger partial charge is 0.506 e. The Bertz CT molecular complexity index is 1330. The van der Waals surface area contributed by atoms with Gasteiger partial charge in [0.15, 0.2) is 10.9 Å². The normalized spacial score (nSPS) is 13.1. The number of rotatable bonds is 5. The minimum absolute atomic E-state index is 0.248. The standard InChI is InChI=1S/C23H21N7OS2/c1-13(19-12-33-21(20(19)31)17-6-5-14-3-2-4-16(14)11-17)25-28-23(32)24-18-9-7-15(8-10-18)22-26-29-30-27-22/h5-12,31H,2-4H2,1H3,(H2,24,28,32)(H,26,27,29,30)/b25-13+. The van der Waals surface area contributed by atoms with Gasteiger partial charge >= 0.3 is 0 Å². The number of hydrogen-bond donors (Lipinski definition) is 4. The molecule has 1 aliphatic rings. The van der Waals surface area contributed by atoms with Gasteiger partial charge in [0.25, 0.3) is 0 Å². The molecular formula is C23H21N7OS2. The lowest BCUT2D eigenvalue weighted by Gasteiger charge is -2.08. The van der Waals surface area contributed by atoms with Crippen LogP contribution in [0.25, 0.3) is 21.8 Å². The van der Waals surface area contributed by atoms with Crippen molar-refractivity contribution in [3.05, 3.63) is 64.5 Å². The maximum absolute atomic E-state index is 10.8. The van der Waals surface area contributed by atoms with Crippen molar-refractivity contribution in [2.75, 3.05) is 5.32 Å². The summed E-state index contributed by atoms with van der Waals surface area (Å²) < 4.78 is 0. The molecule has 10 heteroatoms. The molecule has 2 aromatic heterocycles. The summed E-state index contributed by atoms with van der Waals surface area (Å²) in [7, 11) is 0. The molecule has 4 N–H and O–H groups in total. The molecule has 33 heavy (non-hydrogen) atoms. The monoisotopic (exact) mass is 475 g/mol. The van der Waals surface area contributed by atoms with E-state index in [1.807, 2.05) is 36.6 Å². The summed E-state index contributed by atoms with van der Waals surface area (Å²) in [6, 6.07) is 14.0. The number of aromatic hydroxyl groups is 1. The van der Waals surface area contributed by atoms with Crippen LogP contribution in [0.2, 0.25) is 0 Å². The van der Waals surface area contributed by atoms with Crippen LogP contribution in [-0.2, 0) is 12.8 Å². The number of aromatic amines is 1. The Labute approximate surface area is 199 Å². The molecule has 0 saturated heterocycles. The molecular weight excluding hydrogens is 454 g/mol. The molecule has 0 spiro atoms. The summed E-state index contributed by atoms with van der Waals surface area (Å²) >= 11 is 6.87. The minimum atomic E-state index is 0.248. The lowest BCUT2D eigenvalue weighted by molar-refractivity contribution is 0.478. The van der Waals surface area contributed by atoms with Gasteiger partial charge in [-0.05, 0) is 95.9 Å². The number of benzene rings is 2. The summed E-state index contributed by atoms with van der Waals surface area (Å²) in [6.07, 6.45) is 3.46. The van der Waals surface area contributed by atoms with E-state index in [0.29, 0.717) is 22.2 Å². The number of aromatic nitrogens is 4. The number of thiocarbonyl (C=S) groups is 1. The first-order valence-corrected chi connectivity index (χ1v) is 11.8. The van der Waals surface area contributed by atoms with Crippen molar-refractivity contribution >= 4 is 40.1 Å². The molecule has 1 aliphatic carbocycles. The van der Waals surface area contributed by atoms with Crippen LogP contribution in [-0.4, -0.2) is 36.6 Å². The number of H-pyrrole nitrogens is 1. The van der Waals surface area contributed by atoms with Crippen LogP contribution in [0, 0.1) is 0 Å². The van der Waals surface area contributed by atoms with E-state index in [1.165, 1.54) is 28.9 Å². The first-order chi connectivity index (χ1) is 16.1. The molecule has 0 saturated carbocycles. The third-order valence-corrected chi connectivity index (χ3v) is 6.81. The van der Waals surface area contributed by atoms with Crippen LogP contribution in [0.5, 0.6) is 5.75 Å². The van der Waals surface area contributed by atoms with Crippen LogP contribution in [0.1, 0.15) is 30.0 Å². The summed E-state index contributed by atoms with van der Waals surface area (Å²) in [5.74, 6) is 0.842. The molecule has 166 valence electrons. The van der Waals surface area contributed by atoms with Gasteiger partial charge in [0.05, 0.1) is 16.2 Å². The van der Waals surface area contributed by atoms with Gasteiger partial charge in [-0.25, -0.2) is 5.10 Å². The summed E-state index contributed by atoms with van der Waals surface area (Å²) in [5.41, 5.74) is 9.70. The van der Waals surface area contributed by atoms with Gasteiger partial charge in [0.1, 0.15) is 5.75 Å². The van der Waals surface area contributed by atoms with Crippen molar-refractivity contribution in [2.24, 2.45) is 5.10 Å². The highest BCUT2D eigenvalue weighted by Gasteiger charge is 2.17. The number of aryl methyl sites for hydroxylation is 2. The molecule has 0 amide bonds. The van der Waals surface area contributed by atoms with Gasteiger partial charge in [0.2, 0.25) is 0 Å². The molecule has 0 unspecified atom stereocenters. The maximum atomic E-state index is 10.8. The molecule has 0 fully saturated rings. The highest BCUT2D eigenvalue weighted by atomic mass is 32.1. The van der Waals surface area contributed by atoms with E-state index in [2.05, 4.69) is 54.7 Å². The van der Waals surface area contributed by atoms with E-state index in [-0.39, 0.29) is 5.75 Å². The number of nitrogens with one attached hydrogen (secondary N) is 3. The van der Waals surface area contributed by atoms with Crippen molar-refractivity contribution < 1.29 is 5.11 Å². The Hall–Kier alpha value is -3.63. The van der Waals surface area contributed by atoms with Crippen molar-refractivity contribution in [1.29, 1.82) is 0 Å². The molecule has 4 aromatic rings. The van der Waals surface area contributed by atoms with Crippen LogP contribution in [0.4, 0.5) is 5.69 Å². The zero-order valence-corrected chi connectivity index (χ0v) is 19.4. The van der Waals surface area contributed by atoms with E-state index in [1.54, 1.807) is 0 Å². The number of hydrogen-bond acceptors (Lipinski definition) is 7. The predicted octanol–water partition coefficient (Wildman–Crippen LogP) is 4.50. The Balaban J connectivity index is 1.24. The van der Waals surface area contributed by atoms with E-state index >= 15 is 0 Å². The van der Waals surface area contributed by atoms with Gasteiger partial charge in [-0.2, -0.15) is 5.10 Å².